The summed E-state index contributed by atoms with van der Waals surface area (Å²) >= 11 is 1.33. The first-order valence-electron chi connectivity index (χ1n) is 8.80. The molecule has 2 aromatic carbocycles. The second-order valence-corrected chi connectivity index (χ2v) is 7.05. The fourth-order valence-corrected chi connectivity index (χ4v) is 3.61. The average molecular weight is 395 g/mol. The van der Waals surface area contributed by atoms with E-state index in [1.165, 1.54) is 11.3 Å². The summed E-state index contributed by atoms with van der Waals surface area (Å²) in [5.74, 6) is -0.548. The van der Waals surface area contributed by atoms with Gasteiger partial charge in [0.05, 0.1) is 23.6 Å². The molecule has 0 atom stereocenters. The molecule has 0 spiro atoms. The maximum Gasteiger partial charge on any atom is 0.267 e. The van der Waals surface area contributed by atoms with Crippen molar-refractivity contribution in [1.29, 1.82) is 0 Å². The molecule has 0 aliphatic heterocycles. The van der Waals surface area contributed by atoms with E-state index in [4.69, 9.17) is 4.74 Å². The molecule has 0 aliphatic carbocycles. The van der Waals surface area contributed by atoms with Crippen molar-refractivity contribution in [2.45, 2.75) is 6.92 Å². The van der Waals surface area contributed by atoms with Gasteiger partial charge in [-0.15, -0.1) is 11.3 Å². The number of hydrogen-bond acceptors (Lipinski definition) is 5. The van der Waals surface area contributed by atoms with Gasteiger partial charge in [0.25, 0.3) is 11.8 Å². The fourth-order valence-electron chi connectivity index (χ4n) is 2.64. The van der Waals surface area contributed by atoms with Gasteiger partial charge in [0.2, 0.25) is 0 Å². The van der Waals surface area contributed by atoms with Gasteiger partial charge in [-0.05, 0) is 19.1 Å². The molecular formula is C21H21N3O3S. The van der Waals surface area contributed by atoms with E-state index in [0.29, 0.717) is 35.0 Å². The topological polar surface area (TPSA) is 80.3 Å². The molecule has 2 amide bonds. The summed E-state index contributed by atoms with van der Waals surface area (Å²) in [6.45, 7) is 2.62. The lowest BCUT2D eigenvalue weighted by Crippen LogP contribution is -2.28. The summed E-state index contributed by atoms with van der Waals surface area (Å²) in [6.07, 6.45) is 0. The molecular weight excluding hydrogens is 374 g/mol. The van der Waals surface area contributed by atoms with Crippen LogP contribution >= 0.6 is 11.3 Å². The lowest BCUT2D eigenvalue weighted by atomic mass is 10.1. The summed E-state index contributed by atoms with van der Waals surface area (Å²) in [5.41, 5.74) is 2.48. The van der Waals surface area contributed by atoms with Crippen molar-refractivity contribution < 1.29 is 14.3 Å². The van der Waals surface area contributed by atoms with E-state index in [1.807, 2.05) is 30.3 Å². The number of methoxy groups -OCH3 is 1. The molecule has 6 nitrogen and oxygen atoms in total. The summed E-state index contributed by atoms with van der Waals surface area (Å²) < 4.78 is 4.94. The van der Waals surface area contributed by atoms with Gasteiger partial charge >= 0.3 is 0 Å². The third kappa shape index (κ3) is 4.62. The maximum atomic E-state index is 12.8. The second kappa shape index (κ2) is 9.25. The molecule has 3 rings (SSSR count). The SMILES string of the molecule is COCCNC(=O)c1ccccc1NC(=O)c1sc(-c2ccccc2)nc1C. The first-order chi connectivity index (χ1) is 13.6. The predicted octanol–water partition coefficient (Wildman–Crippen LogP) is 3.75. The van der Waals surface area contributed by atoms with Crippen molar-refractivity contribution in [2.75, 3.05) is 25.6 Å². The Hall–Kier alpha value is -3.03. The van der Waals surface area contributed by atoms with Crippen LogP contribution in [0, 0.1) is 6.92 Å². The number of aryl methyl sites for hydroxylation is 1. The molecule has 144 valence electrons. The van der Waals surface area contributed by atoms with E-state index in [2.05, 4.69) is 15.6 Å². The van der Waals surface area contributed by atoms with Crippen molar-refractivity contribution in [3.8, 4) is 10.6 Å². The van der Waals surface area contributed by atoms with Crippen LogP contribution in [0.3, 0.4) is 0 Å². The number of carbonyl (C=O) groups is 2. The molecule has 0 saturated carbocycles. The number of anilines is 1. The maximum absolute atomic E-state index is 12.8. The molecule has 1 aromatic heterocycles. The molecule has 3 aromatic rings. The highest BCUT2D eigenvalue weighted by Crippen LogP contribution is 2.28. The number of nitrogens with zero attached hydrogens (tertiary/aromatic N) is 1. The van der Waals surface area contributed by atoms with Gasteiger partial charge in [-0.25, -0.2) is 4.98 Å². The molecule has 0 radical (unpaired) electrons. The molecule has 0 bridgehead atoms. The van der Waals surface area contributed by atoms with Crippen molar-refractivity contribution >= 4 is 28.8 Å². The van der Waals surface area contributed by atoms with Gasteiger partial charge < -0.3 is 15.4 Å². The van der Waals surface area contributed by atoms with Gasteiger partial charge in [0.1, 0.15) is 9.88 Å². The highest BCUT2D eigenvalue weighted by Gasteiger charge is 2.19. The number of amides is 2. The van der Waals surface area contributed by atoms with Gasteiger partial charge in [-0.1, -0.05) is 42.5 Å². The molecule has 0 fully saturated rings. The quantitative estimate of drug-likeness (QED) is 0.597. The highest BCUT2D eigenvalue weighted by atomic mass is 32.1. The van der Waals surface area contributed by atoms with Crippen molar-refractivity contribution in [2.24, 2.45) is 0 Å². The number of para-hydroxylation sites is 1. The Labute approximate surface area is 167 Å². The Kier molecular flexibility index (Phi) is 6.52. The number of thiazole rings is 1. The van der Waals surface area contributed by atoms with Crippen molar-refractivity contribution in [3.05, 3.63) is 70.7 Å². The Morgan fingerprint density at radius 3 is 2.50 bits per heavy atom. The summed E-state index contributed by atoms with van der Waals surface area (Å²) in [4.78, 5) is 30.2. The number of rotatable bonds is 7. The van der Waals surface area contributed by atoms with Crippen LogP contribution in [0.2, 0.25) is 0 Å². The molecule has 28 heavy (non-hydrogen) atoms. The van der Waals surface area contributed by atoms with Crippen LogP contribution in [0.5, 0.6) is 0 Å². The van der Waals surface area contributed by atoms with Crippen molar-refractivity contribution in [3.63, 3.8) is 0 Å². The summed E-state index contributed by atoms with van der Waals surface area (Å²) in [7, 11) is 1.57. The Balaban J connectivity index is 1.79. The van der Waals surface area contributed by atoms with Crippen LogP contribution in [0.1, 0.15) is 25.7 Å². The molecule has 1 heterocycles. The van der Waals surface area contributed by atoms with E-state index in [1.54, 1.807) is 38.3 Å². The number of carbonyl (C=O) groups excluding carboxylic acids is 2. The number of benzene rings is 2. The Morgan fingerprint density at radius 2 is 1.75 bits per heavy atom. The van der Waals surface area contributed by atoms with Gasteiger partial charge in [0, 0.05) is 19.2 Å². The Morgan fingerprint density at radius 1 is 1.04 bits per heavy atom. The zero-order valence-electron chi connectivity index (χ0n) is 15.7. The minimum Gasteiger partial charge on any atom is -0.383 e. The predicted molar refractivity (Wildman–Crippen MR) is 111 cm³/mol. The van der Waals surface area contributed by atoms with Crippen LogP contribution in [-0.2, 0) is 4.74 Å². The lowest BCUT2D eigenvalue weighted by Gasteiger charge is -2.11. The zero-order chi connectivity index (χ0) is 19.9. The number of nitrogens with one attached hydrogen (secondary N) is 2. The third-order valence-corrected chi connectivity index (χ3v) is 5.24. The lowest BCUT2D eigenvalue weighted by molar-refractivity contribution is 0.0938. The molecule has 7 heteroatoms. The van der Waals surface area contributed by atoms with Crippen LogP contribution in [0.4, 0.5) is 5.69 Å². The highest BCUT2D eigenvalue weighted by molar-refractivity contribution is 7.17. The van der Waals surface area contributed by atoms with Crippen LogP contribution in [0.25, 0.3) is 10.6 Å². The zero-order valence-corrected chi connectivity index (χ0v) is 16.5. The van der Waals surface area contributed by atoms with Crippen LogP contribution < -0.4 is 10.6 Å². The van der Waals surface area contributed by atoms with Crippen LogP contribution in [-0.4, -0.2) is 37.1 Å². The molecule has 0 aliphatic rings. The van der Waals surface area contributed by atoms with Crippen LogP contribution in [0.15, 0.2) is 54.6 Å². The minimum atomic E-state index is -0.283. The van der Waals surface area contributed by atoms with E-state index < -0.39 is 0 Å². The molecule has 0 saturated heterocycles. The monoisotopic (exact) mass is 395 g/mol. The Bertz CT molecular complexity index is 970. The van der Waals surface area contributed by atoms with E-state index >= 15 is 0 Å². The normalized spacial score (nSPS) is 10.5. The smallest absolute Gasteiger partial charge is 0.267 e. The van der Waals surface area contributed by atoms with Crippen molar-refractivity contribution in [1.82, 2.24) is 10.3 Å². The molecule has 0 unspecified atom stereocenters. The first kappa shape index (κ1) is 19.7. The fraction of sp³-hybridized carbons (Fsp3) is 0.190. The van der Waals surface area contributed by atoms with Gasteiger partial charge in [-0.2, -0.15) is 0 Å². The van der Waals surface area contributed by atoms with E-state index in [9.17, 15) is 9.59 Å². The first-order valence-corrected chi connectivity index (χ1v) is 9.62. The largest absolute Gasteiger partial charge is 0.383 e. The summed E-state index contributed by atoms with van der Waals surface area (Å²) in [6, 6.07) is 16.6. The number of hydrogen-bond donors (Lipinski definition) is 2. The van der Waals surface area contributed by atoms with Gasteiger partial charge in [-0.3, -0.25) is 9.59 Å². The minimum absolute atomic E-state index is 0.265. The second-order valence-electron chi connectivity index (χ2n) is 6.05. The van der Waals surface area contributed by atoms with E-state index in [0.717, 1.165) is 10.6 Å². The van der Waals surface area contributed by atoms with E-state index in [-0.39, 0.29) is 11.8 Å². The van der Waals surface area contributed by atoms with Gasteiger partial charge in [0.15, 0.2) is 0 Å². The standard InChI is InChI=1S/C21H21N3O3S/c1-14-18(28-21(23-14)15-8-4-3-5-9-15)20(26)24-17-11-7-6-10-16(17)19(25)22-12-13-27-2/h3-11H,12-13H2,1-2H3,(H,22,25)(H,24,26). The molecule has 2 N–H and O–H groups in total. The number of aromatic nitrogens is 1. The third-order valence-electron chi connectivity index (χ3n) is 4.04. The summed E-state index contributed by atoms with van der Waals surface area (Å²) in [5, 5.41) is 6.39. The average Bonchev–Trinajstić information content (AvgIpc) is 3.11. The number of ether oxygens (including phenoxy) is 1.